The molecule has 0 atom stereocenters. The quantitative estimate of drug-likeness (QED) is 0.308. The van der Waals surface area contributed by atoms with E-state index >= 15 is 0 Å². The molecule has 1 N–H and O–H groups in total. The number of nitrogens with one attached hydrogen (secondary N) is 1. The Morgan fingerprint density at radius 3 is 2.45 bits per heavy atom. The molecule has 0 saturated carbocycles. The zero-order valence-electron chi connectivity index (χ0n) is 17.0. The molecule has 0 bridgehead atoms. The molecule has 3 aromatic rings. The third-order valence-corrected chi connectivity index (χ3v) is 6.46. The summed E-state index contributed by atoms with van der Waals surface area (Å²) in [5.41, 5.74) is 3.20. The van der Waals surface area contributed by atoms with Crippen LogP contribution in [-0.2, 0) is 16.0 Å². The van der Waals surface area contributed by atoms with E-state index in [0.29, 0.717) is 16.3 Å². The fraction of sp³-hybridized carbons (Fsp3) is 0.217. The molecule has 0 aliphatic rings. The summed E-state index contributed by atoms with van der Waals surface area (Å²) in [6.07, 6.45) is 0.935. The number of anilines is 1. The van der Waals surface area contributed by atoms with Crippen molar-refractivity contribution < 1.29 is 19.1 Å². The summed E-state index contributed by atoms with van der Waals surface area (Å²) in [4.78, 5) is 25.2. The molecule has 0 fully saturated rings. The van der Waals surface area contributed by atoms with Gasteiger partial charge in [0, 0.05) is 15.4 Å². The molecule has 3 rings (SSSR count). The van der Waals surface area contributed by atoms with Gasteiger partial charge in [-0.15, -0.1) is 11.3 Å². The van der Waals surface area contributed by atoms with Gasteiger partial charge in [-0.3, -0.25) is 4.79 Å². The maximum atomic E-state index is 12.7. The highest BCUT2D eigenvalue weighted by Gasteiger charge is 2.23. The van der Waals surface area contributed by atoms with Crippen LogP contribution in [0.15, 0.2) is 56.8 Å². The molecule has 0 radical (unpaired) electrons. The number of rotatable bonds is 8. The lowest BCUT2D eigenvalue weighted by Crippen LogP contribution is -2.21. The van der Waals surface area contributed by atoms with Gasteiger partial charge in [0.2, 0.25) is 0 Å². The lowest BCUT2D eigenvalue weighted by molar-refractivity contribution is -0.118. The standard InChI is InChI=1S/C23H21Br2NO4S/c1-3-14-5-7-15(8-6-14)17-13-31-22(21(17)23(28)29-4-2)26-20(27)12-30-19-10-9-16(24)11-18(19)25/h5-11,13H,3-4,12H2,1-2H3,(H,26,27). The first-order valence-electron chi connectivity index (χ1n) is 9.68. The average molecular weight is 567 g/mol. The molecule has 0 aliphatic carbocycles. The molecule has 162 valence electrons. The summed E-state index contributed by atoms with van der Waals surface area (Å²) in [6, 6.07) is 13.4. The molecule has 1 heterocycles. The SMILES string of the molecule is CCOC(=O)c1c(-c2ccc(CC)cc2)csc1NC(=O)COc1ccc(Br)cc1Br. The lowest BCUT2D eigenvalue weighted by atomic mass is 10.0. The summed E-state index contributed by atoms with van der Waals surface area (Å²) in [7, 11) is 0. The number of halogens is 2. The highest BCUT2D eigenvalue weighted by Crippen LogP contribution is 2.36. The summed E-state index contributed by atoms with van der Waals surface area (Å²) >= 11 is 8.07. The Labute approximate surface area is 202 Å². The van der Waals surface area contributed by atoms with Crippen LogP contribution in [0.4, 0.5) is 5.00 Å². The summed E-state index contributed by atoms with van der Waals surface area (Å²) < 4.78 is 12.5. The van der Waals surface area contributed by atoms with Crippen molar-refractivity contribution in [1.82, 2.24) is 0 Å². The monoisotopic (exact) mass is 565 g/mol. The van der Waals surface area contributed by atoms with Crippen LogP contribution in [-0.4, -0.2) is 25.1 Å². The fourth-order valence-electron chi connectivity index (χ4n) is 2.89. The van der Waals surface area contributed by atoms with Crippen LogP contribution in [0, 0.1) is 0 Å². The summed E-state index contributed by atoms with van der Waals surface area (Å²) in [6.45, 7) is 3.90. The number of benzene rings is 2. The van der Waals surface area contributed by atoms with Crippen LogP contribution in [0.3, 0.4) is 0 Å². The first-order valence-corrected chi connectivity index (χ1v) is 12.1. The Bertz CT molecular complexity index is 1080. The predicted octanol–water partition coefficient (Wildman–Crippen LogP) is 6.70. The number of esters is 1. The Morgan fingerprint density at radius 1 is 1.06 bits per heavy atom. The van der Waals surface area contributed by atoms with Gasteiger partial charge in [0.15, 0.2) is 6.61 Å². The number of ether oxygens (including phenoxy) is 2. The topological polar surface area (TPSA) is 64.6 Å². The highest BCUT2D eigenvalue weighted by molar-refractivity contribution is 9.11. The molecule has 8 heteroatoms. The third-order valence-electron chi connectivity index (χ3n) is 4.45. The van der Waals surface area contributed by atoms with Crippen molar-refractivity contribution in [2.45, 2.75) is 20.3 Å². The Kier molecular flexibility index (Phi) is 8.28. The van der Waals surface area contributed by atoms with Gasteiger partial charge in [-0.1, -0.05) is 47.1 Å². The third kappa shape index (κ3) is 5.96. The number of hydrogen-bond acceptors (Lipinski definition) is 5. The second-order valence-electron chi connectivity index (χ2n) is 6.54. The highest BCUT2D eigenvalue weighted by atomic mass is 79.9. The minimum atomic E-state index is -0.467. The van der Waals surface area contributed by atoms with Crippen LogP contribution >= 0.6 is 43.2 Å². The molecule has 31 heavy (non-hydrogen) atoms. The molecule has 0 aliphatic heterocycles. The van der Waals surface area contributed by atoms with Gasteiger partial charge < -0.3 is 14.8 Å². The van der Waals surface area contributed by atoms with E-state index in [0.717, 1.165) is 26.5 Å². The van der Waals surface area contributed by atoms with Crippen molar-refractivity contribution in [2.75, 3.05) is 18.5 Å². The molecule has 1 aromatic heterocycles. The minimum Gasteiger partial charge on any atom is -0.483 e. The van der Waals surface area contributed by atoms with E-state index in [1.807, 2.05) is 41.8 Å². The first kappa shape index (κ1) is 23.5. The van der Waals surface area contributed by atoms with Gasteiger partial charge >= 0.3 is 5.97 Å². The molecular formula is C23H21Br2NO4S. The molecule has 0 unspecified atom stereocenters. The molecule has 2 aromatic carbocycles. The van der Waals surface area contributed by atoms with E-state index < -0.39 is 5.97 Å². The largest absolute Gasteiger partial charge is 0.483 e. The van der Waals surface area contributed by atoms with Crippen molar-refractivity contribution in [3.05, 3.63) is 67.9 Å². The van der Waals surface area contributed by atoms with Gasteiger partial charge in [0.05, 0.1) is 11.1 Å². The number of carbonyl (C=O) groups excluding carboxylic acids is 2. The van der Waals surface area contributed by atoms with Crippen LogP contribution < -0.4 is 10.1 Å². The maximum Gasteiger partial charge on any atom is 0.341 e. The molecule has 5 nitrogen and oxygen atoms in total. The Balaban J connectivity index is 1.80. The van der Waals surface area contributed by atoms with Crippen molar-refractivity contribution >= 4 is 60.1 Å². The van der Waals surface area contributed by atoms with Gasteiger partial charge in [-0.2, -0.15) is 0 Å². The molecule has 0 saturated heterocycles. The first-order chi connectivity index (χ1) is 14.9. The van der Waals surface area contributed by atoms with E-state index in [2.05, 4.69) is 44.1 Å². The van der Waals surface area contributed by atoms with Crippen LogP contribution in [0.5, 0.6) is 5.75 Å². The lowest BCUT2D eigenvalue weighted by Gasteiger charge is -2.11. The zero-order valence-corrected chi connectivity index (χ0v) is 21.0. The van der Waals surface area contributed by atoms with Gasteiger partial charge in [0.25, 0.3) is 5.91 Å². The van der Waals surface area contributed by atoms with Crippen molar-refractivity contribution in [3.63, 3.8) is 0 Å². The zero-order chi connectivity index (χ0) is 22.4. The maximum absolute atomic E-state index is 12.7. The predicted molar refractivity (Wildman–Crippen MR) is 131 cm³/mol. The second kappa shape index (κ2) is 10.9. The molecular weight excluding hydrogens is 546 g/mol. The number of aryl methyl sites for hydroxylation is 1. The van der Waals surface area contributed by atoms with Crippen LogP contribution in [0.25, 0.3) is 11.1 Å². The number of carbonyl (C=O) groups is 2. The number of amides is 1. The Morgan fingerprint density at radius 2 is 1.81 bits per heavy atom. The minimum absolute atomic E-state index is 0.194. The van der Waals surface area contributed by atoms with Crippen molar-refractivity contribution in [2.24, 2.45) is 0 Å². The smallest absolute Gasteiger partial charge is 0.341 e. The molecule has 1 amide bonds. The van der Waals surface area contributed by atoms with E-state index in [1.54, 1.807) is 13.0 Å². The molecule has 0 spiro atoms. The Hall–Kier alpha value is -2.16. The van der Waals surface area contributed by atoms with Crippen molar-refractivity contribution in [3.8, 4) is 16.9 Å². The van der Waals surface area contributed by atoms with E-state index in [4.69, 9.17) is 9.47 Å². The van der Waals surface area contributed by atoms with E-state index in [-0.39, 0.29) is 19.1 Å². The van der Waals surface area contributed by atoms with E-state index in [1.165, 1.54) is 16.9 Å². The van der Waals surface area contributed by atoms with Gasteiger partial charge in [-0.05, 0) is 58.6 Å². The van der Waals surface area contributed by atoms with Gasteiger partial charge in [-0.25, -0.2) is 4.79 Å². The number of thiophene rings is 1. The van der Waals surface area contributed by atoms with Gasteiger partial charge in [0.1, 0.15) is 16.3 Å². The van der Waals surface area contributed by atoms with Crippen LogP contribution in [0.2, 0.25) is 0 Å². The summed E-state index contributed by atoms with van der Waals surface area (Å²) in [5, 5.41) is 5.09. The second-order valence-corrected chi connectivity index (χ2v) is 9.19. The fourth-order valence-corrected chi connectivity index (χ4v) is 5.02. The summed E-state index contributed by atoms with van der Waals surface area (Å²) in [5.74, 6) is -0.285. The average Bonchev–Trinajstić information content (AvgIpc) is 3.17. The normalized spacial score (nSPS) is 10.6. The van der Waals surface area contributed by atoms with Crippen molar-refractivity contribution in [1.29, 1.82) is 0 Å². The number of hydrogen-bond donors (Lipinski definition) is 1. The van der Waals surface area contributed by atoms with E-state index in [9.17, 15) is 9.59 Å². The van der Waals surface area contributed by atoms with Crippen LogP contribution in [0.1, 0.15) is 29.8 Å².